The Bertz CT molecular complexity index is 937. The average molecular weight is 388 g/mol. The van der Waals surface area contributed by atoms with Crippen molar-refractivity contribution in [1.29, 1.82) is 0 Å². The zero-order valence-electron chi connectivity index (χ0n) is 15.8. The van der Waals surface area contributed by atoms with Gasteiger partial charge in [-0.25, -0.2) is 18.1 Å². The van der Waals surface area contributed by atoms with Crippen molar-refractivity contribution in [2.24, 2.45) is 0 Å². The maximum absolute atomic E-state index is 13.0. The molecule has 1 aromatic carbocycles. The van der Waals surface area contributed by atoms with Gasteiger partial charge >= 0.3 is 0 Å². The smallest absolute Gasteiger partial charge is 0.254 e. The Labute approximate surface area is 160 Å². The minimum Gasteiger partial charge on any atom is -0.353 e. The number of amides is 1. The molecule has 1 aromatic heterocycles. The van der Waals surface area contributed by atoms with Crippen LogP contribution in [0.15, 0.2) is 41.4 Å². The number of rotatable bonds is 4. The summed E-state index contributed by atoms with van der Waals surface area (Å²) in [7, 11) is -2.25. The maximum atomic E-state index is 13.0. The van der Waals surface area contributed by atoms with Crippen LogP contribution in [-0.4, -0.2) is 57.4 Å². The number of piperazine rings is 1. The lowest BCUT2D eigenvalue weighted by molar-refractivity contribution is 0.0746. The number of hydrogen-bond donors (Lipinski definition) is 1. The molecule has 3 rings (SSSR count). The molecule has 0 radical (unpaired) electrons. The van der Waals surface area contributed by atoms with E-state index < -0.39 is 10.0 Å². The molecular weight excluding hydrogens is 364 g/mol. The van der Waals surface area contributed by atoms with Crippen molar-refractivity contribution >= 4 is 21.7 Å². The van der Waals surface area contributed by atoms with Crippen molar-refractivity contribution < 1.29 is 13.2 Å². The van der Waals surface area contributed by atoms with Crippen molar-refractivity contribution in [1.82, 2.24) is 14.6 Å². The van der Waals surface area contributed by atoms with E-state index in [9.17, 15) is 13.2 Å². The van der Waals surface area contributed by atoms with Gasteiger partial charge in [-0.15, -0.1) is 0 Å². The van der Waals surface area contributed by atoms with Crippen LogP contribution in [0.4, 0.5) is 5.82 Å². The van der Waals surface area contributed by atoms with Crippen LogP contribution in [0.5, 0.6) is 0 Å². The molecule has 2 aromatic rings. The highest BCUT2D eigenvalue weighted by Crippen LogP contribution is 2.22. The number of carbonyl (C=O) groups excluding carboxylic acids is 1. The Morgan fingerprint density at radius 3 is 2.41 bits per heavy atom. The first-order chi connectivity index (χ1) is 12.8. The average Bonchev–Trinajstić information content (AvgIpc) is 2.70. The summed E-state index contributed by atoms with van der Waals surface area (Å²) in [5.41, 5.74) is 1.83. The highest BCUT2D eigenvalue weighted by Gasteiger charge is 2.25. The third kappa shape index (κ3) is 3.96. The Kier molecular flexibility index (Phi) is 5.48. The van der Waals surface area contributed by atoms with E-state index in [1.807, 2.05) is 25.1 Å². The molecule has 0 atom stereocenters. The summed E-state index contributed by atoms with van der Waals surface area (Å²) < 4.78 is 26.9. The molecule has 0 aliphatic carbocycles. The first-order valence-corrected chi connectivity index (χ1v) is 10.3. The predicted octanol–water partition coefficient (Wildman–Crippen LogP) is 1.57. The number of aromatic nitrogens is 1. The summed E-state index contributed by atoms with van der Waals surface area (Å²) in [6.07, 6.45) is 1.76. The molecule has 1 fully saturated rings. The summed E-state index contributed by atoms with van der Waals surface area (Å²) in [6, 6.07) is 9.01. The lowest BCUT2D eigenvalue weighted by atomic mass is 10.0. The molecule has 0 unspecified atom stereocenters. The first kappa shape index (κ1) is 19.3. The fraction of sp³-hybridized carbons (Fsp3) is 0.368. The molecule has 1 N–H and O–H groups in total. The van der Waals surface area contributed by atoms with Gasteiger partial charge in [0.15, 0.2) is 0 Å². The maximum Gasteiger partial charge on any atom is 0.254 e. The summed E-state index contributed by atoms with van der Waals surface area (Å²) in [5.74, 6) is 0.754. The molecule has 1 aliphatic rings. The minimum absolute atomic E-state index is 0.147. The monoisotopic (exact) mass is 388 g/mol. The molecule has 144 valence electrons. The van der Waals surface area contributed by atoms with Crippen molar-refractivity contribution in [2.45, 2.75) is 18.7 Å². The Balaban J connectivity index is 1.79. The van der Waals surface area contributed by atoms with E-state index in [1.54, 1.807) is 24.1 Å². The fourth-order valence-electron chi connectivity index (χ4n) is 3.20. The summed E-state index contributed by atoms with van der Waals surface area (Å²) in [5, 5.41) is 0. The summed E-state index contributed by atoms with van der Waals surface area (Å²) in [6.45, 7) is 6.08. The Morgan fingerprint density at radius 2 is 1.81 bits per heavy atom. The van der Waals surface area contributed by atoms with Crippen LogP contribution in [-0.2, 0) is 10.0 Å². The van der Waals surface area contributed by atoms with Gasteiger partial charge in [0.25, 0.3) is 5.91 Å². The highest BCUT2D eigenvalue weighted by molar-refractivity contribution is 7.89. The normalized spacial score (nSPS) is 15.1. The van der Waals surface area contributed by atoms with Gasteiger partial charge in [0, 0.05) is 37.9 Å². The second-order valence-corrected chi connectivity index (χ2v) is 8.45. The molecule has 0 bridgehead atoms. The number of nitrogens with one attached hydrogen (secondary N) is 1. The van der Waals surface area contributed by atoms with E-state index >= 15 is 0 Å². The van der Waals surface area contributed by atoms with E-state index in [2.05, 4.69) is 14.6 Å². The van der Waals surface area contributed by atoms with E-state index in [0.717, 1.165) is 11.4 Å². The number of pyridine rings is 1. The zero-order valence-corrected chi connectivity index (χ0v) is 16.6. The van der Waals surface area contributed by atoms with Gasteiger partial charge in [-0.2, -0.15) is 0 Å². The first-order valence-electron chi connectivity index (χ1n) is 8.83. The zero-order chi connectivity index (χ0) is 19.6. The number of aryl methyl sites for hydroxylation is 1. The molecule has 1 amide bonds. The minimum atomic E-state index is -3.62. The van der Waals surface area contributed by atoms with Crippen molar-refractivity contribution in [3.63, 3.8) is 0 Å². The van der Waals surface area contributed by atoms with Crippen LogP contribution in [0, 0.1) is 13.8 Å². The molecule has 8 heteroatoms. The number of anilines is 1. The quantitative estimate of drug-likeness (QED) is 0.860. The number of nitrogens with zero attached hydrogens (tertiary/aromatic N) is 3. The summed E-state index contributed by atoms with van der Waals surface area (Å²) >= 11 is 0. The second kappa shape index (κ2) is 7.66. The van der Waals surface area contributed by atoms with Gasteiger partial charge in [0.2, 0.25) is 10.0 Å². The predicted molar refractivity (Wildman–Crippen MR) is 105 cm³/mol. The van der Waals surface area contributed by atoms with Crippen LogP contribution in [0.2, 0.25) is 0 Å². The van der Waals surface area contributed by atoms with Crippen molar-refractivity contribution in [3.05, 3.63) is 53.2 Å². The Morgan fingerprint density at radius 1 is 1.11 bits per heavy atom. The third-order valence-corrected chi connectivity index (χ3v) is 6.51. The Hall–Kier alpha value is -2.45. The molecule has 27 heavy (non-hydrogen) atoms. The van der Waals surface area contributed by atoms with Crippen LogP contribution in [0.1, 0.15) is 21.5 Å². The largest absolute Gasteiger partial charge is 0.353 e. The third-order valence-electron chi connectivity index (χ3n) is 4.97. The molecule has 0 spiro atoms. The lowest BCUT2D eigenvalue weighted by Crippen LogP contribution is -2.49. The van der Waals surface area contributed by atoms with Gasteiger partial charge in [-0.3, -0.25) is 4.79 Å². The van der Waals surface area contributed by atoms with Gasteiger partial charge < -0.3 is 9.80 Å². The van der Waals surface area contributed by atoms with E-state index in [4.69, 9.17) is 0 Å². The van der Waals surface area contributed by atoms with Crippen LogP contribution < -0.4 is 9.62 Å². The van der Waals surface area contributed by atoms with E-state index in [1.165, 1.54) is 13.1 Å². The van der Waals surface area contributed by atoms with Crippen molar-refractivity contribution in [3.8, 4) is 0 Å². The molecule has 0 saturated carbocycles. The second-order valence-electron chi connectivity index (χ2n) is 6.59. The topological polar surface area (TPSA) is 82.6 Å². The highest BCUT2D eigenvalue weighted by atomic mass is 32.2. The standard InChI is InChI=1S/C19H24N4O3S/c1-14-12-16(13-17(15(14)2)27(25,26)20-3)19(24)23-10-8-22(9-11-23)18-6-4-5-7-21-18/h4-7,12-13,20H,8-11H2,1-3H3. The molecule has 1 saturated heterocycles. The number of benzene rings is 1. The van der Waals surface area contributed by atoms with Gasteiger partial charge in [-0.1, -0.05) is 6.07 Å². The van der Waals surface area contributed by atoms with Crippen LogP contribution >= 0.6 is 0 Å². The molecular formula is C19H24N4O3S. The summed E-state index contributed by atoms with van der Waals surface area (Å²) in [4.78, 5) is 21.4. The number of carbonyl (C=O) groups is 1. The molecule has 1 aliphatic heterocycles. The number of sulfonamides is 1. The molecule has 2 heterocycles. The van der Waals surface area contributed by atoms with Crippen LogP contribution in [0.3, 0.4) is 0 Å². The van der Waals surface area contributed by atoms with Crippen LogP contribution in [0.25, 0.3) is 0 Å². The van der Waals surface area contributed by atoms with E-state index in [0.29, 0.717) is 37.3 Å². The SMILES string of the molecule is CNS(=O)(=O)c1cc(C(=O)N2CCN(c3ccccn3)CC2)cc(C)c1C. The molecule has 7 nitrogen and oxygen atoms in total. The van der Waals surface area contributed by atoms with Gasteiger partial charge in [0.05, 0.1) is 4.90 Å². The van der Waals surface area contributed by atoms with Gasteiger partial charge in [-0.05, 0) is 56.3 Å². The number of hydrogen-bond acceptors (Lipinski definition) is 5. The lowest BCUT2D eigenvalue weighted by Gasteiger charge is -2.35. The van der Waals surface area contributed by atoms with Crippen molar-refractivity contribution in [2.75, 3.05) is 38.1 Å². The van der Waals surface area contributed by atoms with Gasteiger partial charge in [0.1, 0.15) is 5.82 Å². The fourth-order valence-corrected chi connectivity index (χ4v) is 4.27. The van der Waals surface area contributed by atoms with E-state index in [-0.39, 0.29) is 10.8 Å².